The van der Waals surface area contributed by atoms with Crippen molar-refractivity contribution in [1.29, 1.82) is 0 Å². The Morgan fingerprint density at radius 3 is 0.536 bits per heavy atom. The van der Waals surface area contributed by atoms with Crippen LogP contribution < -0.4 is 0 Å². The van der Waals surface area contributed by atoms with Crippen molar-refractivity contribution in [3.05, 3.63) is 534 Å². The summed E-state index contributed by atoms with van der Waals surface area (Å²) in [6.07, 6.45) is 0. The second kappa shape index (κ2) is 34.0. The largest absolute Gasteiger partial charge is 0.309 e. The fourth-order valence-electron chi connectivity index (χ4n) is 21.7. The Balaban J connectivity index is 0.000000107. The van der Waals surface area contributed by atoms with Crippen LogP contribution in [-0.2, 0) is 0 Å². The summed E-state index contributed by atoms with van der Waals surface area (Å²) in [6, 6.07) is 193. The topological polar surface area (TPSA) is 29.6 Å². The third-order valence-corrected chi connectivity index (χ3v) is 27.9. The maximum absolute atomic E-state index is 2.47. The molecule has 6 nitrogen and oxygen atoms in total. The average Bonchev–Trinajstić information content (AvgIpc) is 1.55. The first kappa shape index (κ1) is 80.5. The van der Waals surface area contributed by atoms with E-state index in [9.17, 15) is 0 Å². The Kier molecular flexibility index (Phi) is 19.9. The minimum atomic E-state index is 1.14. The molecule has 0 saturated heterocycles. The van der Waals surface area contributed by atoms with Crippen molar-refractivity contribution in [3.63, 3.8) is 0 Å². The van der Waals surface area contributed by atoms with Crippen LogP contribution in [0.2, 0.25) is 0 Å². The molecule has 0 unspecified atom stereocenters. The van der Waals surface area contributed by atoms with E-state index in [1.807, 2.05) is 0 Å². The molecule has 0 aliphatic rings. The Hall–Kier alpha value is -18.4. The van der Waals surface area contributed by atoms with Gasteiger partial charge >= 0.3 is 0 Å². The zero-order chi connectivity index (χ0) is 91.1. The van der Waals surface area contributed by atoms with E-state index in [1.165, 1.54) is 220 Å². The van der Waals surface area contributed by atoms with Crippen molar-refractivity contribution in [3.8, 4) is 112 Å². The third-order valence-electron chi connectivity index (χ3n) is 27.9. The molecule has 0 aliphatic carbocycles. The highest BCUT2D eigenvalue weighted by molar-refractivity contribution is 6.29. The van der Waals surface area contributed by atoms with Crippen LogP contribution in [0.3, 0.4) is 0 Å². The summed E-state index contributed by atoms with van der Waals surface area (Å²) in [5.74, 6) is 0. The van der Waals surface area contributed by atoms with Crippen molar-refractivity contribution in [1.82, 2.24) is 27.4 Å². The van der Waals surface area contributed by atoms with Gasteiger partial charge in [-0.15, -0.1) is 0 Å². The molecule has 28 aromatic rings. The summed E-state index contributed by atoms with van der Waals surface area (Å²) in [5, 5.41) is 15.1. The summed E-state index contributed by atoms with van der Waals surface area (Å²) in [5.41, 5.74) is 38.4. The van der Waals surface area contributed by atoms with E-state index >= 15 is 0 Å². The lowest BCUT2D eigenvalue weighted by atomic mass is 9.98. The van der Waals surface area contributed by atoms with Gasteiger partial charge in [-0.25, -0.2) is 0 Å². The number of benzene rings is 22. The molecule has 0 fully saturated rings. The smallest absolute Gasteiger partial charge is 0.0641 e. The van der Waals surface area contributed by atoms with Crippen LogP contribution in [0.5, 0.6) is 0 Å². The number of hydrogen-bond donors (Lipinski definition) is 0. The number of aromatic nitrogens is 6. The molecule has 0 N–H and O–H groups in total. The molecular formula is C132H88N6. The molecule has 6 heterocycles. The Bertz CT molecular complexity index is 9370. The second-order valence-electron chi connectivity index (χ2n) is 35.8. The van der Waals surface area contributed by atoms with E-state index in [2.05, 4.69) is 561 Å². The van der Waals surface area contributed by atoms with Gasteiger partial charge in [0.1, 0.15) is 0 Å². The summed E-state index contributed by atoms with van der Waals surface area (Å²) in [6.45, 7) is 0. The first-order chi connectivity index (χ1) is 68.5. The van der Waals surface area contributed by atoms with E-state index in [0.717, 1.165) is 22.7 Å². The van der Waals surface area contributed by atoms with Crippen LogP contribution in [0.25, 0.3) is 243 Å². The van der Waals surface area contributed by atoms with Gasteiger partial charge in [-0.2, -0.15) is 0 Å². The van der Waals surface area contributed by atoms with Crippen molar-refractivity contribution < 1.29 is 0 Å². The zero-order valence-corrected chi connectivity index (χ0v) is 75.5. The van der Waals surface area contributed by atoms with Gasteiger partial charge in [-0.05, 0) is 217 Å². The molecule has 0 amide bonds. The molecule has 6 aromatic heterocycles. The van der Waals surface area contributed by atoms with Crippen LogP contribution in [0.15, 0.2) is 534 Å². The van der Waals surface area contributed by atoms with Gasteiger partial charge in [0, 0.05) is 98.8 Å². The molecule has 0 radical (unpaired) electrons. The number of para-hydroxylation sites is 8. The van der Waals surface area contributed by atoms with Gasteiger partial charge in [-0.1, -0.05) is 394 Å². The van der Waals surface area contributed by atoms with E-state index in [4.69, 9.17) is 0 Å². The molecule has 0 bridgehead atoms. The molecule has 28 rings (SSSR count). The zero-order valence-electron chi connectivity index (χ0n) is 75.5. The predicted octanol–water partition coefficient (Wildman–Crippen LogP) is 35.3. The fourth-order valence-corrected chi connectivity index (χ4v) is 21.7. The summed E-state index contributed by atoms with van der Waals surface area (Å²) >= 11 is 0. The SMILES string of the molecule is c1ccc(-c2cc(-c3ccccc3)cc(-n3c4ccccc4c4c3ccc3c5ccccc5n(-c5ccccc5)c34)c2)cc1.c1ccc(-c2ccc(-c3ccc(-n4c5ccccc5c5c4ccc4c6ccccc6n(-c6ccccc6)c45)cc3)cc2)cc1.c1ccc(-c2ccc(-n3c4ccccc4c4ccc5c(c6ccccc6n5-c5cc(-c6ccccc6)cc(-c6ccccc6)c5)c43)cc2)cc1. The maximum Gasteiger partial charge on any atom is 0.0641 e. The quantitative estimate of drug-likeness (QED) is 0.110. The van der Waals surface area contributed by atoms with Gasteiger partial charge in [0.25, 0.3) is 0 Å². The highest BCUT2D eigenvalue weighted by Crippen LogP contribution is 2.49. The van der Waals surface area contributed by atoms with Gasteiger partial charge in [-0.3, -0.25) is 0 Å². The third kappa shape index (κ3) is 13.8. The normalized spacial score (nSPS) is 11.6. The lowest BCUT2D eigenvalue weighted by Gasteiger charge is -2.14. The Morgan fingerprint density at radius 1 is 0.0942 bits per heavy atom. The summed E-state index contributed by atoms with van der Waals surface area (Å²) < 4.78 is 14.7. The van der Waals surface area contributed by atoms with Crippen molar-refractivity contribution in [2.75, 3.05) is 0 Å². The Labute approximate surface area is 798 Å². The lowest BCUT2D eigenvalue weighted by molar-refractivity contribution is 1.17. The number of rotatable bonds is 13. The predicted molar refractivity (Wildman–Crippen MR) is 583 cm³/mol. The van der Waals surface area contributed by atoms with Crippen LogP contribution in [0.1, 0.15) is 0 Å². The van der Waals surface area contributed by atoms with E-state index in [1.54, 1.807) is 0 Å². The standard InChI is InChI=1S/C48H32N2.2C42H28N2/c1-4-14-33(15-5-1)36-24-26-39(27-25-36)50-44-22-12-10-20-41(44)42-28-29-46-47(48(42)50)43-21-11-13-23-45(43)49(46)40-31-37(34-16-6-2-7-17-34)30-38(32-40)35-18-8-3-9-19-35;1-4-14-29(15-5-1)31-26-32(30-16-6-2-7-17-30)28-34(27-31)43-39-23-13-11-21-37(39)41-40(43)25-24-36-35-20-10-12-22-38(35)44(42(36)41)33-18-8-3-9-19-33;1-3-11-29(12-4-1)30-19-21-31(22-20-30)32-23-25-34(26-24-32)43-39-18-10-8-16-37(39)41-40(43)28-27-36-35-15-7-9-17-38(35)44(42(36)41)33-13-5-2-6-14-33/h1-32H;2*1-28H. The molecule has 0 saturated carbocycles. The molecular weight excluding hydrogens is 1670 g/mol. The molecule has 0 aliphatic heterocycles. The van der Waals surface area contributed by atoms with Crippen LogP contribution in [0.4, 0.5) is 0 Å². The number of hydrogen-bond acceptors (Lipinski definition) is 0. The monoisotopic (exact) mass is 1760 g/mol. The summed E-state index contributed by atoms with van der Waals surface area (Å²) in [7, 11) is 0. The lowest BCUT2D eigenvalue weighted by Crippen LogP contribution is -1.97. The Morgan fingerprint density at radius 2 is 0.275 bits per heavy atom. The van der Waals surface area contributed by atoms with Crippen LogP contribution >= 0.6 is 0 Å². The first-order valence-corrected chi connectivity index (χ1v) is 47.4. The fraction of sp³-hybridized carbons (Fsp3) is 0. The van der Waals surface area contributed by atoms with Crippen LogP contribution in [0, 0.1) is 0 Å². The molecule has 0 spiro atoms. The van der Waals surface area contributed by atoms with Gasteiger partial charge in [0.05, 0.1) is 66.2 Å². The van der Waals surface area contributed by atoms with Gasteiger partial charge in [0.15, 0.2) is 0 Å². The van der Waals surface area contributed by atoms with Crippen LogP contribution in [-0.4, -0.2) is 27.4 Å². The number of nitrogens with zero attached hydrogens (tertiary/aromatic N) is 6. The average molecular weight is 1760 g/mol. The molecule has 0 atom stereocenters. The van der Waals surface area contributed by atoms with Crippen molar-refractivity contribution in [2.45, 2.75) is 0 Å². The minimum Gasteiger partial charge on any atom is -0.309 e. The molecule has 6 heteroatoms. The highest BCUT2D eigenvalue weighted by atomic mass is 15.0. The van der Waals surface area contributed by atoms with Crippen molar-refractivity contribution >= 4 is 131 Å². The maximum atomic E-state index is 2.47. The van der Waals surface area contributed by atoms with Gasteiger partial charge in [0.2, 0.25) is 0 Å². The summed E-state index contributed by atoms with van der Waals surface area (Å²) in [4.78, 5) is 0. The van der Waals surface area contributed by atoms with Gasteiger partial charge < -0.3 is 27.4 Å². The second-order valence-corrected chi connectivity index (χ2v) is 35.8. The van der Waals surface area contributed by atoms with E-state index < -0.39 is 0 Å². The highest BCUT2D eigenvalue weighted by Gasteiger charge is 2.27. The minimum absolute atomic E-state index is 1.14. The molecule has 646 valence electrons. The van der Waals surface area contributed by atoms with Crippen molar-refractivity contribution in [2.24, 2.45) is 0 Å². The van der Waals surface area contributed by atoms with E-state index in [-0.39, 0.29) is 0 Å². The molecule has 22 aromatic carbocycles. The first-order valence-electron chi connectivity index (χ1n) is 47.4. The van der Waals surface area contributed by atoms with E-state index in [0.29, 0.717) is 0 Å². The number of fused-ring (bicyclic) bond motifs is 21. The molecule has 138 heavy (non-hydrogen) atoms.